The molecule has 1 fully saturated rings. The third-order valence-corrected chi connectivity index (χ3v) is 4.43. The van der Waals surface area contributed by atoms with Crippen molar-refractivity contribution < 1.29 is 13.6 Å². The van der Waals surface area contributed by atoms with Gasteiger partial charge in [0.25, 0.3) is 5.92 Å². The van der Waals surface area contributed by atoms with E-state index in [1.165, 1.54) is 5.56 Å². The van der Waals surface area contributed by atoms with Crippen LogP contribution in [0.25, 0.3) is 0 Å². The minimum atomic E-state index is -3.01. The Labute approximate surface area is 130 Å². The highest BCUT2D eigenvalue weighted by Gasteiger charge is 2.28. The predicted octanol–water partition coefficient (Wildman–Crippen LogP) is 3.06. The van der Waals surface area contributed by atoms with E-state index >= 15 is 0 Å². The molecule has 1 aliphatic carbocycles. The molecule has 5 heteroatoms. The Morgan fingerprint density at radius 3 is 2.41 bits per heavy atom. The van der Waals surface area contributed by atoms with Gasteiger partial charge >= 0.3 is 0 Å². The molecule has 22 heavy (non-hydrogen) atoms. The molecule has 1 aromatic rings. The maximum absolute atomic E-state index is 13.0. The summed E-state index contributed by atoms with van der Waals surface area (Å²) in [7, 11) is 0. The monoisotopic (exact) mass is 310 g/mol. The fourth-order valence-electron chi connectivity index (χ4n) is 3.06. The summed E-state index contributed by atoms with van der Waals surface area (Å²) in [5.41, 5.74) is 6.30. The Balaban J connectivity index is 1.72. The second-order valence-electron chi connectivity index (χ2n) is 6.17. The fraction of sp³-hybridized carbons (Fsp3) is 0.588. The van der Waals surface area contributed by atoms with E-state index in [0.29, 0.717) is 18.3 Å². The number of amides is 1. The van der Waals surface area contributed by atoms with E-state index in [0.717, 1.165) is 25.7 Å². The van der Waals surface area contributed by atoms with Crippen molar-refractivity contribution in [2.24, 2.45) is 11.7 Å². The molecule has 0 spiro atoms. The van der Waals surface area contributed by atoms with Crippen LogP contribution in [0.5, 0.6) is 0 Å². The molecule has 0 heterocycles. The van der Waals surface area contributed by atoms with Gasteiger partial charge in [0.2, 0.25) is 5.91 Å². The first-order valence-electron chi connectivity index (χ1n) is 7.90. The number of halogens is 2. The SMILES string of the molecule is NCC(F)(F)CNC(=O)CC1CCC(c2ccccc2)CC1. The molecule has 0 unspecified atom stereocenters. The van der Waals surface area contributed by atoms with E-state index in [9.17, 15) is 13.6 Å². The predicted molar refractivity (Wildman–Crippen MR) is 82.8 cm³/mol. The lowest BCUT2D eigenvalue weighted by atomic mass is 9.77. The summed E-state index contributed by atoms with van der Waals surface area (Å²) in [5, 5.41) is 2.30. The molecule has 1 amide bonds. The number of alkyl halides is 2. The Hall–Kier alpha value is -1.49. The van der Waals surface area contributed by atoms with Crippen LogP contribution in [-0.4, -0.2) is 24.9 Å². The summed E-state index contributed by atoms with van der Waals surface area (Å²) in [5.74, 6) is -2.45. The van der Waals surface area contributed by atoms with Crippen LogP contribution in [0.15, 0.2) is 30.3 Å². The Bertz CT molecular complexity index is 471. The van der Waals surface area contributed by atoms with Crippen LogP contribution in [0.2, 0.25) is 0 Å². The van der Waals surface area contributed by atoms with Gasteiger partial charge in [0.05, 0.1) is 13.1 Å². The molecule has 3 N–H and O–H groups in total. The molecule has 1 aliphatic rings. The number of nitrogens with one attached hydrogen (secondary N) is 1. The van der Waals surface area contributed by atoms with Gasteiger partial charge in [-0.25, -0.2) is 8.78 Å². The normalized spacial score (nSPS) is 22.3. The van der Waals surface area contributed by atoms with E-state index in [1.807, 2.05) is 18.2 Å². The lowest BCUT2D eigenvalue weighted by Crippen LogP contribution is -2.42. The molecule has 1 saturated carbocycles. The van der Waals surface area contributed by atoms with E-state index in [-0.39, 0.29) is 5.91 Å². The molecular formula is C17H24F2N2O. The van der Waals surface area contributed by atoms with Crippen LogP contribution in [0.3, 0.4) is 0 Å². The summed E-state index contributed by atoms with van der Waals surface area (Å²) < 4.78 is 26.0. The lowest BCUT2D eigenvalue weighted by Gasteiger charge is -2.28. The van der Waals surface area contributed by atoms with Crippen molar-refractivity contribution >= 4 is 5.91 Å². The van der Waals surface area contributed by atoms with Crippen LogP contribution in [-0.2, 0) is 4.79 Å². The van der Waals surface area contributed by atoms with Gasteiger partial charge in [-0.3, -0.25) is 4.79 Å². The molecule has 2 rings (SSSR count). The minimum absolute atomic E-state index is 0.295. The van der Waals surface area contributed by atoms with Crippen molar-refractivity contribution in [3.8, 4) is 0 Å². The van der Waals surface area contributed by atoms with Gasteiger partial charge in [-0.05, 0) is 43.1 Å². The van der Waals surface area contributed by atoms with Gasteiger partial charge in [0.1, 0.15) is 0 Å². The standard InChI is InChI=1S/C17H24F2N2O/c18-17(19,11-20)12-21-16(22)10-13-6-8-15(9-7-13)14-4-2-1-3-5-14/h1-5,13,15H,6-12,20H2,(H,21,22). The summed E-state index contributed by atoms with van der Waals surface area (Å²) >= 11 is 0. The van der Waals surface area contributed by atoms with E-state index in [2.05, 4.69) is 17.4 Å². The van der Waals surface area contributed by atoms with Crippen molar-refractivity contribution in [3.63, 3.8) is 0 Å². The zero-order valence-electron chi connectivity index (χ0n) is 12.7. The minimum Gasteiger partial charge on any atom is -0.350 e. The summed E-state index contributed by atoms with van der Waals surface area (Å²) in [6, 6.07) is 10.4. The van der Waals surface area contributed by atoms with Crippen LogP contribution >= 0.6 is 0 Å². The molecule has 0 aromatic heterocycles. The first kappa shape index (κ1) is 16.9. The first-order chi connectivity index (χ1) is 10.5. The third kappa shape index (κ3) is 5.05. The number of nitrogens with two attached hydrogens (primary N) is 1. The number of hydrogen-bond donors (Lipinski definition) is 2. The fourth-order valence-corrected chi connectivity index (χ4v) is 3.06. The van der Waals surface area contributed by atoms with Crippen molar-refractivity contribution in [3.05, 3.63) is 35.9 Å². The number of carbonyl (C=O) groups is 1. The molecule has 0 bridgehead atoms. The molecule has 0 saturated heterocycles. The maximum atomic E-state index is 13.0. The molecule has 0 radical (unpaired) electrons. The number of benzene rings is 1. The number of rotatable bonds is 6. The quantitative estimate of drug-likeness (QED) is 0.848. The van der Waals surface area contributed by atoms with Crippen molar-refractivity contribution in [1.29, 1.82) is 0 Å². The van der Waals surface area contributed by atoms with Crippen LogP contribution < -0.4 is 11.1 Å². The second-order valence-corrected chi connectivity index (χ2v) is 6.17. The van der Waals surface area contributed by atoms with E-state index in [4.69, 9.17) is 5.73 Å². The molecule has 0 aliphatic heterocycles. The van der Waals surface area contributed by atoms with Gasteiger partial charge in [-0.15, -0.1) is 0 Å². The van der Waals surface area contributed by atoms with Crippen LogP contribution in [0, 0.1) is 5.92 Å². The third-order valence-electron chi connectivity index (χ3n) is 4.43. The van der Waals surface area contributed by atoms with Gasteiger partial charge in [-0.1, -0.05) is 30.3 Å². The van der Waals surface area contributed by atoms with Crippen molar-refractivity contribution in [1.82, 2.24) is 5.32 Å². The zero-order chi connectivity index (χ0) is 16.0. The average molecular weight is 310 g/mol. The van der Waals surface area contributed by atoms with E-state index < -0.39 is 19.0 Å². The zero-order valence-corrected chi connectivity index (χ0v) is 12.7. The second kappa shape index (κ2) is 7.68. The number of hydrogen-bond acceptors (Lipinski definition) is 2. The smallest absolute Gasteiger partial charge is 0.277 e. The highest BCUT2D eigenvalue weighted by Crippen LogP contribution is 2.36. The summed E-state index contributed by atoms with van der Waals surface area (Å²) in [4.78, 5) is 11.7. The Morgan fingerprint density at radius 2 is 1.82 bits per heavy atom. The lowest BCUT2D eigenvalue weighted by molar-refractivity contribution is -0.124. The topological polar surface area (TPSA) is 55.1 Å². The first-order valence-corrected chi connectivity index (χ1v) is 7.90. The Morgan fingerprint density at radius 1 is 1.18 bits per heavy atom. The Kier molecular flexibility index (Phi) is 5.89. The van der Waals surface area contributed by atoms with E-state index in [1.54, 1.807) is 0 Å². The maximum Gasteiger partial charge on any atom is 0.277 e. The summed E-state index contributed by atoms with van der Waals surface area (Å²) in [6.45, 7) is -1.41. The van der Waals surface area contributed by atoms with Crippen LogP contribution in [0.4, 0.5) is 8.78 Å². The highest BCUT2D eigenvalue weighted by atomic mass is 19.3. The number of carbonyl (C=O) groups excluding carboxylic acids is 1. The van der Waals surface area contributed by atoms with Crippen molar-refractivity contribution in [2.75, 3.05) is 13.1 Å². The molecular weight excluding hydrogens is 286 g/mol. The molecule has 1 aromatic carbocycles. The van der Waals surface area contributed by atoms with Crippen molar-refractivity contribution in [2.45, 2.75) is 43.9 Å². The van der Waals surface area contributed by atoms with Gasteiger partial charge in [-0.2, -0.15) is 0 Å². The van der Waals surface area contributed by atoms with Gasteiger partial charge in [0.15, 0.2) is 0 Å². The molecule has 0 atom stereocenters. The van der Waals surface area contributed by atoms with Gasteiger partial charge < -0.3 is 11.1 Å². The molecule has 122 valence electrons. The average Bonchev–Trinajstić information content (AvgIpc) is 2.55. The molecule has 3 nitrogen and oxygen atoms in total. The highest BCUT2D eigenvalue weighted by molar-refractivity contribution is 5.76. The largest absolute Gasteiger partial charge is 0.350 e. The van der Waals surface area contributed by atoms with Gasteiger partial charge in [0, 0.05) is 6.42 Å². The van der Waals surface area contributed by atoms with Crippen LogP contribution in [0.1, 0.15) is 43.6 Å². The summed E-state index contributed by atoms with van der Waals surface area (Å²) in [6.07, 6.45) is 4.39.